The van der Waals surface area contributed by atoms with Gasteiger partial charge in [-0.2, -0.15) is 0 Å². The van der Waals surface area contributed by atoms with E-state index in [1.165, 1.54) is 5.56 Å². The Morgan fingerprint density at radius 2 is 2.33 bits per heavy atom. The Bertz CT molecular complexity index is 499. The van der Waals surface area contributed by atoms with Crippen LogP contribution in [0.25, 0.3) is 0 Å². The van der Waals surface area contributed by atoms with Crippen molar-refractivity contribution in [3.8, 4) is 0 Å². The van der Waals surface area contributed by atoms with Crippen molar-refractivity contribution in [1.29, 1.82) is 0 Å². The summed E-state index contributed by atoms with van der Waals surface area (Å²) < 4.78 is 1.11. The molecule has 0 aliphatic heterocycles. The summed E-state index contributed by atoms with van der Waals surface area (Å²) in [5.74, 6) is 0. The summed E-state index contributed by atoms with van der Waals surface area (Å²) in [4.78, 5) is 8.43. The summed E-state index contributed by atoms with van der Waals surface area (Å²) in [5.41, 5.74) is 7.24. The van der Waals surface area contributed by atoms with E-state index in [1.54, 1.807) is 18.0 Å². The molecule has 0 bridgehead atoms. The van der Waals surface area contributed by atoms with Gasteiger partial charge in [0.15, 0.2) is 5.16 Å². The number of hydrogen-bond donors (Lipinski definition) is 2. The Morgan fingerprint density at radius 3 is 2.94 bits per heavy atom. The van der Waals surface area contributed by atoms with Gasteiger partial charge in [0.1, 0.15) is 0 Å². The molecule has 1 aromatic carbocycles. The van der Waals surface area contributed by atoms with Crippen LogP contribution in [-0.4, -0.2) is 16.0 Å². The van der Waals surface area contributed by atoms with E-state index in [1.807, 2.05) is 6.20 Å². The maximum absolute atomic E-state index is 5.98. The van der Waals surface area contributed by atoms with Gasteiger partial charge in [-0.05, 0) is 30.5 Å². The van der Waals surface area contributed by atoms with Crippen molar-refractivity contribution in [1.82, 2.24) is 9.97 Å². The van der Waals surface area contributed by atoms with E-state index in [2.05, 4.69) is 51.0 Å². The van der Waals surface area contributed by atoms with Gasteiger partial charge in [0.25, 0.3) is 0 Å². The lowest BCUT2D eigenvalue weighted by atomic mass is 10.1. The van der Waals surface area contributed by atoms with E-state index in [-0.39, 0.29) is 6.04 Å². The maximum atomic E-state index is 5.98. The van der Waals surface area contributed by atoms with Crippen molar-refractivity contribution in [3.63, 3.8) is 0 Å². The van der Waals surface area contributed by atoms with E-state index in [0.29, 0.717) is 0 Å². The second-order valence-corrected chi connectivity index (χ2v) is 6.04. The van der Waals surface area contributed by atoms with Gasteiger partial charge < -0.3 is 10.7 Å². The van der Waals surface area contributed by atoms with Gasteiger partial charge >= 0.3 is 0 Å². The first-order chi connectivity index (χ1) is 8.69. The standard InChI is InChI=1S/C13H16BrN3S/c1-2-10(15)7-9-3-4-11(8-12(9)14)18-13-16-5-6-17-13/h3-6,8,10H,2,7,15H2,1H3,(H,16,17). The fourth-order valence-corrected chi connectivity index (χ4v) is 3.07. The number of rotatable bonds is 5. The second kappa shape index (κ2) is 6.41. The molecule has 1 atom stereocenters. The molecule has 2 rings (SSSR count). The van der Waals surface area contributed by atoms with Crippen LogP contribution in [0.4, 0.5) is 0 Å². The highest BCUT2D eigenvalue weighted by molar-refractivity contribution is 9.10. The van der Waals surface area contributed by atoms with E-state index in [4.69, 9.17) is 5.73 Å². The molecule has 3 nitrogen and oxygen atoms in total. The molecule has 1 aromatic heterocycles. The number of nitrogens with one attached hydrogen (secondary N) is 1. The lowest BCUT2D eigenvalue weighted by Crippen LogP contribution is -2.21. The van der Waals surface area contributed by atoms with Crippen LogP contribution in [-0.2, 0) is 6.42 Å². The van der Waals surface area contributed by atoms with Gasteiger partial charge in [0.05, 0.1) is 0 Å². The highest BCUT2D eigenvalue weighted by Crippen LogP contribution is 2.29. The third kappa shape index (κ3) is 3.60. The maximum Gasteiger partial charge on any atom is 0.170 e. The van der Waals surface area contributed by atoms with Crippen LogP contribution in [0.15, 0.2) is 45.1 Å². The van der Waals surface area contributed by atoms with Gasteiger partial charge in [-0.25, -0.2) is 4.98 Å². The van der Waals surface area contributed by atoms with Crippen LogP contribution >= 0.6 is 27.7 Å². The van der Waals surface area contributed by atoms with Gasteiger partial charge in [-0.3, -0.25) is 0 Å². The molecule has 0 saturated carbocycles. The second-order valence-electron chi connectivity index (χ2n) is 4.12. The zero-order valence-electron chi connectivity index (χ0n) is 10.2. The summed E-state index contributed by atoms with van der Waals surface area (Å²) in [5, 5.41) is 0.903. The number of aromatic nitrogens is 2. The first-order valence-electron chi connectivity index (χ1n) is 5.90. The van der Waals surface area contributed by atoms with E-state index in [9.17, 15) is 0 Å². The molecule has 5 heteroatoms. The van der Waals surface area contributed by atoms with Gasteiger partial charge in [0.2, 0.25) is 0 Å². The smallest absolute Gasteiger partial charge is 0.170 e. The normalized spacial score (nSPS) is 12.6. The fourth-order valence-electron chi connectivity index (χ4n) is 1.60. The van der Waals surface area contributed by atoms with Crippen LogP contribution < -0.4 is 5.73 Å². The number of hydrogen-bond acceptors (Lipinski definition) is 3. The number of halogens is 1. The molecule has 1 heterocycles. The van der Waals surface area contributed by atoms with Crippen LogP contribution in [0.3, 0.4) is 0 Å². The van der Waals surface area contributed by atoms with Crippen molar-refractivity contribution in [2.75, 3.05) is 0 Å². The number of imidazole rings is 1. The molecule has 0 amide bonds. The fraction of sp³-hybridized carbons (Fsp3) is 0.308. The molecule has 0 spiro atoms. The van der Waals surface area contributed by atoms with E-state index in [0.717, 1.165) is 27.4 Å². The predicted molar refractivity (Wildman–Crippen MR) is 78.8 cm³/mol. The van der Waals surface area contributed by atoms with Gasteiger partial charge in [0, 0.05) is 27.8 Å². The molecule has 0 fully saturated rings. The first-order valence-corrected chi connectivity index (χ1v) is 7.51. The third-order valence-electron chi connectivity index (χ3n) is 2.72. The molecule has 0 radical (unpaired) electrons. The quantitative estimate of drug-likeness (QED) is 0.883. The average molecular weight is 326 g/mol. The van der Waals surface area contributed by atoms with Gasteiger partial charge in [-0.15, -0.1) is 0 Å². The van der Waals surface area contributed by atoms with Crippen LogP contribution in [0.2, 0.25) is 0 Å². The molecule has 18 heavy (non-hydrogen) atoms. The Kier molecular flexibility index (Phi) is 4.86. The third-order valence-corrected chi connectivity index (χ3v) is 4.36. The number of nitrogens with two attached hydrogens (primary N) is 1. The topological polar surface area (TPSA) is 54.7 Å². The van der Waals surface area contributed by atoms with E-state index >= 15 is 0 Å². The zero-order chi connectivity index (χ0) is 13.0. The minimum Gasteiger partial charge on any atom is -0.339 e. The molecular weight excluding hydrogens is 310 g/mol. The summed E-state index contributed by atoms with van der Waals surface area (Å²) in [6.07, 6.45) is 5.48. The van der Waals surface area contributed by atoms with Crippen LogP contribution in [0, 0.1) is 0 Å². The Hall–Kier alpha value is -0.780. The van der Waals surface area contributed by atoms with Crippen molar-refractivity contribution < 1.29 is 0 Å². The number of benzene rings is 1. The SMILES string of the molecule is CCC(N)Cc1ccc(Sc2ncc[nH]2)cc1Br. The highest BCUT2D eigenvalue weighted by atomic mass is 79.9. The minimum absolute atomic E-state index is 0.227. The predicted octanol–water partition coefficient (Wildman–Crippen LogP) is 3.60. The molecule has 3 N–H and O–H groups in total. The molecular formula is C13H16BrN3S. The average Bonchev–Trinajstić information content (AvgIpc) is 2.85. The monoisotopic (exact) mass is 325 g/mol. The largest absolute Gasteiger partial charge is 0.339 e. The zero-order valence-corrected chi connectivity index (χ0v) is 12.6. The summed E-state index contributed by atoms with van der Waals surface area (Å²) in [6.45, 7) is 2.11. The van der Waals surface area contributed by atoms with E-state index < -0.39 is 0 Å². The Balaban J connectivity index is 2.09. The summed E-state index contributed by atoms with van der Waals surface area (Å²) >= 11 is 5.22. The lowest BCUT2D eigenvalue weighted by Gasteiger charge is -2.11. The number of aromatic amines is 1. The van der Waals surface area contributed by atoms with Gasteiger partial charge in [-0.1, -0.05) is 40.7 Å². The Morgan fingerprint density at radius 1 is 1.50 bits per heavy atom. The number of H-pyrrole nitrogens is 1. The lowest BCUT2D eigenvalue weighted by molar-refractivity contribution is 0.645. The van der Waals surface area contributed by atoms with Crippen molar-refractivity contribution in [2.24, 2.45) is 5.73 Å². The molecule has 96 valence electrons. The molecule has 0 aliphatic rings. The molecule has 0 saturated heterocycles. The first kappa shape index (κ1) is 13.6. The number of nitrogens with zero attached hydrogens (tertiary/aromatic N) is 1. The highest BCUT2D eigenvalue weighted by Gasteiger charge is 2.07. The summed E-state index contributed by atoms with van der Waals surface area (Å²) in [7, 11) is 0. The summed E-state index contributed by atoms with van der Waals surface area (Å²) in [6, 6.07) is 6.58. The van der Waals surface area contributed by atoms with Crippen LogP contribution in [0.1, 0.15) is 18.9 Å². The van der Waals surface area contributed by atoms with Crippen LogP contribution in [0.5, 0.6) is 0 Å². The Labute approximate surface area is 120 Å². The molecule has 0 aliphatic carbocycles. The minimum atomic E-state index is 0.227. The van der Waals surface area contributed by atoms with Crippen molar-refractivity contribution >= 4 is 27.7 Å². The van der Waals surface area contributed by atoms with Crippen molar-refractivity contribution in [3.05, 3.63) is 40.6 Å². The molecule has 2 aromatic rings. The molecule has 1 unspecified atom stereocenters. The van der Waals surface area contributed by atoms with Crippen molar-refractivity contribution in [2.45, 2.75) is 35.9 Å².